The van der Waals surface area contributed by atoms with Gasteiger partial charge in [0.05, 0.1) is 4.90 Å². The molecule has 0 amide bonds. The zero-order valence-corrected chi connectivity index (χ0v) is 10.7. The summed E-state index contributed by atoms with van der Waals surface area (Å²) < 4.78 is 27.2. The lowest BCUT2D eigenvalue weighted by molar-refractivity contribution is 0.578. The van der Waals surface area contributed by atoms with Crippen LogP contribution in [0.3, 0.4) is 0 Å². The Morgan fingerprint density at radius 1 is 1.33 bits per heavy atom. The molecule has 1 aromatic carbocycles. The lowest BCUT2D eigenvalue weighted by atomic mass is 10.4. The zero-order chi connectivity index (χ0) is 11.1. The maximum Gasteiger partial charge on any atom is 0.240 e. The van der Waals surface area contributed by atoms with Crippen molar-refractivity contribution >= 4 is 26.0 Å². The van der Waals surface area contributed by atoms with E-state index in [0.29, 0.717) is 10.8 Å². The Morgan fingerprint density at radius 3 is 2.33 bits per heavy atom. The van der Waals surface area contributed by atoms with Gasteiger partial charge in [0.15, 0.2) is 0 Å². The van der Waals surface area contributed by atoms with Crippen molar-refractivity contribution in [2.24, 2.45) is 5.92 Å². The van der Waals surface area contributed by atoms with Gasteiger partial charge in [0.2, 0.25) is 10.0 Å². The molecule has 0 radical (unpaired) electrons. The molecule has 0 aromatic heterocycles. The smallest absolute Gasteiger partial charge is 0.208 e. The fraction of sp³-hybridized carbons (Fsp3) is 0.400. The number of hydrogen-bond acceptors (Lipinski definition) is 2. The molecule has 1 aliphatic rings. The van der Waals surface area contributed by atoms with Gasteiger partial charge in [-0.3, -0.25) is 0 Å². The van der Waals surface area contributed by atoms with Crippen molar-refractivity contribution in [3.05, 3.63) is 28.7 Å². The zero-order valence-electron chi connectivity index (χ0n) is 8.27. The lowest BCUT2D eigenvalue weighted by Crippen LogP contribution is -2.26. The number of rotatable bonds is 3. The van der Waals surface area contributed by atoms with Gasteiger partial charge >= 0.3 is 0 Å². The molecule has 15 heavy (non-hydrogen) atoms. The molecule has 1 fully saturated rings. The molecule has 2 atom stereocenters. The maximum atomic E-state index is 11.8. The van der Waals surface area contributed by atoms with Crippen LogP contribution in [-0.2, 0) is 10.0 Å². The highest BCUT2D eigenvalue weighted by atomic mass is 79.9. The minimum absolute atomic E-state index is 0.124. The van der Waals surface area contributed by atoms with Crippen LogP contribution in [0.2, 0.25) is 0 Å². The Labute approximate surface area is 98.1 Å². The third-order valence-corrected chi connectivity index (χ3v) is 4.57. The lowest BCUT2D eigenvalue weighted by Gasteiger charge is -2.05. The largest absolute Gasteiger partial charge is 0.240 e. The predicted molar refractivity (Wildman–Crippen MR) is 62.0 cm³/mol. The summed E-state index contributed by atoms with van der Waals surface area (Å²) in [6, 6.07) is 6.77. The second-order valence-electron chi connectivity index (χ2n) is 3.89. The van der Waals surface area contributed by atoms with Crippen LogP contribution in [0, 0.1) is 5.92 Å². The molecular formula is C10H12BrNO2S. The molecule has 5 heteroatoms. The molecule has 0 spiro atoms. The molecule has 0 saturated heterocycles. The van der Waals surface area contributed by atoms with Crippen molar-refractivity contribution in [1.82, 2.24) is 4.72 Å². The third-order valence-electron chi connectivity index (χ3n) is 2.54. The van der Waals surface area contributed by atoms with E-state index in [1.54, 1.807) is 24.3 Å². The second-order valence-corrected chi connectivity index (χ2v) is 6.52. The number of halogens is 1. The maximum absolute atomic E-state index is 11.8. The topological polar surface area (TPSA) is 46.2 Å². The van der Waals surface area contributed by atoms with Gasteiger partial charge in [-0.25, -0.2) is 13.1 Å². The summed E-state index contributed by atoms with van der Waals surface area (Å²) >= 11 is 3.27. The Morgan fingerprint density at radius 2 is 1.87 bits per heavy atom. The summed E-state index contributed by atoms with van der Waals surface area (Å²) in [7, 11) is -3.32. The van der Waals surface area contributed by atoms with Gasteiger partial charge in [0, 0.05) is 10.5 Å². The molecular weight excluding hydrogens is 278 g/mol. The number of nitrogens with one attached hydrogen (secondary N) is 1. The molecule has 2 rings (SSSR count). The molecule has 1 aromatic rings. The summed E-state index contributed by atoms with van der Waals surface area (Å²) in [5.41, 5.74) is 0. The van der Waals surface area contributed by atoms with E-state index in [1.165, 1.54) is 0 Å². The van der Waals surface area contributed by atoms with Gasteiger partial charge in [-0.15, -0.1) is 0 Å². The Hall–Kier alpha value is -0.390. The van der Waals surface area contributed by atoms with Gasteiger partial charge in [-0.05, 0) is 36.6 Å². The monoisotopic (exact) mass is 289 g/mol. The SMILES string of the molecule is C[C@@H]1C[C@H]1NS(=O)(=O)c1ccc(Br)cc1. The van der Waals surface area contributed by atoms with E-state index in [1.807, 2.05) is 6.92 Å². The first kappa shape index (κ1) is 11.1. The van der Waals surface area contributed by atoms with E-state index in [9.17, 15) is 8.42 Å². The minimum Gasteiger partial charge on any atom is -0.208 e. The first-order valence-corrected chi connectivity index (χ1v) is 7.04. The number of sulfonamides is 1. The van der Waals surface area contributed by atoms with Crippen LogP contribution < -0.4 is 4.72 Å². The first-order chi connectivity index (χ1) is 6.99. The average Bonchev–Trinajstić information content (AvgIpc) is 2.81. The van der Waals surface area contributed by atoms with Crippen molar-refractivity contribution < 1.29 is 8.42 Å². The molecule has 1 N–H and O–H groups in total. The summed E-state index contributed by atoms with van der Waals surface area (Å²) in [4.78, 5) is 0.324. The minimum atomic E-state index is -3.32. The highest BCUT2D eigenvalue weighted by Crippen LogP contribution is 2.30. The summed E-state index contributed by atoms with van der Waals surface area (Å²) in [5, 5.41) is 0. The van der Waals surface area contributed by atoms with E-state index < -0.39 is 10.0 Å². The highest BCUT2D eigenvalue weighted by molar-refractivity contribution is 9.10. The van der Waals surface area contributed by atoms with Crippen LogP contribution in [0.25, 0.3) is 0 Å². The Kier molecular flexibility index (Phi) is 2.87. The molecule has 1 aliphatic carbocycles. The van der Waals surface area contributed by atoms with Gasteiger partial charge in [-0.2, -0.15) is 0 Å². The van der Waals surface area contributed by atoms with Gasteiger partial charge in [0.25, 0.3) is 0 Å². The molecule has 82 valence electrons. The normalized spacial score (nSPS) is 25.2. The Bertz CT molecular complexity index is 455. The van der Waals surface area contributed by atoms with Crippen LogP contribution in [-0.4, -0.2) is 14.5 Å². The van der Waals surface area contributed by atoms with Crippen LogP contribution in [0.4, 0.5) is 0 Å². The van der Waals surface area contributed by atoms with E-state index >= 15 is 0 Å². The number of hydrogen-bond donors (Lipinski definition) is 1. The predicted octanol–water partition coefficient (Wildman–Crippen LogP) is 2.14. The van der Waals surface area contributed by atoms with Crippen LogP contribution in [0.15, 0.2) is 33.6 Å². The highest BCUT2D eigenvalue weighted by Gasteiger charge is 2.36. The molecule has 3 nitrogen and oxygen atoms in total. The van der Waals surface area contributed by atoms with E-state index in [-0.39, 0.29) is 6.04 Å². The molecule has 0 unspecified atom stereocenters. The third kappa shape index (κ3) is 2.59. The number of benzene rings is 1. The van der Waals surface area contributed by atoms with Crippen molar-refractivity contribution in [3.63, 3.8) is 0 Å². The average molecular weight is 290 g/mol. The second kappa shape index (κ2) is 3.88. The molecule has 0 heterocycles. The fourth-order valence-corrected chi connectivity index (χ4v) is 2.99. The summed E-state index contributed by atoms with van der Waals surface area (Å²) in [6.07, 6.45) is 0.940. The molecule has 0 aliphatic heterocycles. The van der Waals surface area contributed by atoms with E-state index in [2.05, 4.69) is 20.7 Å². The van der Waals surface area contributed by atoms with E-state index in [4.69, 9.17) is 0 Å². The molecule has 1 saturated carbocycles. The van der Waals surface area contributed by atoms with Crippen LogP contribution in [0.1, 0.15) is 13.3 Å². The van der Waals surface area contributed by atoms with Gasteiger partial charge in [0.1, 0.15) is 0 Å². The van der Waals surface area contributed by atoms with Crippen molar-refractivity contribution in [2.75, 3.05) is 0 Å². The van der Waals surface area contributed by atoms with Crippen LogP contribution in [0.5, 0.6) is 0 Å². The Balaban J connectivity index is 2.18. The quantitative estimate of drug-likeness (QED) is 0.927. The van der Waals surface area contributed by atoms with Crippen molar-refractivity contribution in [1.29, 1.82) is 0 Å². The van der Waals surface area contributed by atoms with Crippen LogP contribution >= 0.6 is 15.9 Å². The van der Waals surface area contributed by atoms with Gasteiger partial charge < -0.3 is 0 Å². The van der Waals surface area contributed by atoms with E-state index in [0.717, 1.165) is 10.9 Å². The summed E-state index contributed by atoms with van der Waals surface area (Å²) in [5.74, 6) is 0.468. The molecule has 0 bridgehead atoms. The fourth-order valence-electron chi connectivity index (χ4n) is 1.37. The standard InChI is InChI=1S/C10H12BrNO2S/c1-7-6-10(7)12-15(13,14)9-4-2-8(11)3-5-9/h2-5,7,10,12H,6H2,1H3/t7-,10-/m1/s1. The summed E-state index contributed by atoms with van der Waals surface area (Å²) in [6.45, 7) is 2.04. The van der Waals surface area contributed by atoms with Crippen molar-refractivity contribution in [3.8, 4) is 0 Å². The van der Waals surface area contributed by atoms with Crippen molar-refractivity contribution in [2.45, 2.75) is 24.3 Å². The van der Waals surface area contributed by atoms with Gasteiger partial charge in [-0.1, -0.05) is 22.9 Å². The first-order valence-electron chi connectivity index (χ1n) is 4.77.